The molecule has 178 valence electrons. The van der Waals surface area contributed by atoms with E-state index in [1.165, 1.54) is 21.3 Å². The van der Waals surface area contributed by atoms with Crippen molar-refractivity contribution in [2.24, 2.45) is 11.8 Å². The van der Waals surface area contributed by atoms with Crippen LogP contribution in [0.15, 0.2) is 34.7 Å². The molecule has 1 aliphatic heterocycles. The van der Waals surface area contributed by atoms with Crippen LogP contribution in [-0.2, 0) is 23.9 Å². The zero-order valence-electron chi connectivity index (χ0n) is 19.6. The molecule has 0 fully saturated rings. The van der Waals surface area contributed by atoms with E-state index >= 15 is 0 Å². The number of hydrogen-bond acceptors (Lipinski definition) is 9. The minimum atomic E-state index is -0.999. The van der Waals surface area contributed by atoms with Crippen LogP contribution >= 0.6 is 0 Å². The zero-order valence-corrected chi connectivity index (χ0v) is 19.6. The number of dihydropyridines is 1. The van der Waals surface area contributed by atoms with Gasteiger partial charge in [0.2, 0.25) is 5.75 Å². The molecule has 33 heavy (non-hydrogen) atoms. The number of rotatable bonds is 6. The fourth-order valence-electron chi connectivity index (χ4n) is 4.57. The molecule has 0 saturated carbocycles. The molecule has 0 saturated heterocycles. The second-order valence-electron chi connectivity index (χ2n) is 8.03. The van der Waals surface area contributed by atoms with Crippen LogP contribution in [-0.4, -0.2) is 50.8 Å². The number of ketones is 1. The molecule has 1 heterocycles. The van der Waals surface area contributed by atoms with Crippen molar-refractivity contribution < 1.29 is 38.4 Å². The maximum atomic E-state index is 13.7. The number of aromatic hydroxyl groups is 1. The van der Waals surface area contributed by atoms with Gasteiger partial charge in [-0.3, -0.25) is 9.59 Å². The predicted octanol–water partition coefficient (Wildman–Crippen LogP) is 2.59. The minimum Gasteiger partial charge on any atom is -0.502 e. The van der Waals surface area contributed by atoms with Gasteiger partial charge in [-0.15, -0.1) is 0 Å². The largest absolute Gasteiger partial charge is 0.502 e. The van der Waals surface area contributed by atoms with Gasteiger partial charge in [0.15, 0.2) is 17.3 Å². The molecular weight excluding hydrogens is 430 g/mol. The molecule has 2 N–H and O–H groups in total. The quantitative estimate of drug-likeness (QED) is 0.488. The summed E-state index contributed by atoms with van der Waals surface area (Å²) in [4.78, 5) is 39.2. The Hall–Kier alpha value is -3.49. The SMILES string of the molecule is CCOC(=O)C1=C(C)NC2=C(C(=O)C(C(=O)OC)C(C)C2)C1c1cc(OC)c(O)c(OC)c1. The van der Waals surface area contributed by atoms with Crippen LogP contribution in [0.2, 0.25) is 0 Å². The summed E-state index contributed by atoms with van der Waals surface area (Å²) in [5.41, 5.74) is 2.17. The fourth-order valence-corrected chi connectivity index (χ4v) is 4.57. The van der Waals surface area contributed by atoms with Crippen molar-refractivity contribution in [3.05, 3.63) is 40.2 Å². The van der Waals surface area contributed by atoms with Gasteiger partial charge < -0.3 is 29.4 Å². The van der Waals surface area contributed by atoms with Gasteiger partial charge in [-0.25, -0.2) is 4.79 Å². The maximum absolute atomic E-state index is 13.7. The van der Waals surface area contributed by atoms with Crippen molar-refractivity contribution >= 4 is 17.7 Å². The van der Waals surface area contributed by atoms with Crippen LogP contribution < -0.4 is 14.8 Å². The van der Waals surface area contributed by atoms with E-state index in [2.05, 4.69) is 5.32 Å². The minimum absolute atomic E-state index is 0.118. The summed E-state index contributed by atoms with van der Waals surface area (Å²) in [6.07, 6.45) is 0.414. The Morgan fingerprint density at radius 2 is 1.76 bits per heavy atom. The van der Waals surface area contributed by atoms with Crippen LogP contribution in [0.5, 0.6) is 17.2 Å². The first-order chi connectivity index (χ1) is 15.7. The average Bonchev–Trinajstić information content (AvgIpc) is 2.78. The molecule has 9 nitrogen and oxygen atoms in total. The number of ether oxygens (including phenoxy) is 4. The Kier molecular flexibility index (Phi) is 7.00. The van der Waals surface area contributed by atoms with Gasteiger partial charge >= 0.3 is 11.9 Å². The first-order valence-corrected chi connectivity index (χ1v) is 10.6. The molecule has 3 atom stereocenters. The summed E-state index contributed by atoms with van der Waals surface area (Å²) < 4.78 is 20.8. The van der Waals surface area contributed by atoms with Crippen LogP contribution in [0.3, 0.4) is 0 Å². The molecule has 2 aliphatic rings. The second-order valence-corrected chi connectivity index (χ2v) is 8.03. The number of hydrogen-bond donors (Lipinski definition) is 2. The number of methoxy groups -OCH3 is 3. The van der Waals surface area contributed by atoms with E-state index in [9.17, 15) is 19.5 Å². The van der Waals surface area contributed by atoms with Gasteiger partial charge in [0.25, 0.3) is 0 Å². The highest BCUT2D eigenvalue weighted by molar-refractivity contribution is 6.12. The van der Waals surface area contributed by atoms with Crippen molar-refractivity contribution in [1.29, 1.82) is 0 Å². The Morgan fingerprint density at radius 1 is 1.15 bits per heavy atom. The summed E-state index contributed by atoms with van der Waals surface area (Å²) >= 11 is 0. The molecule has 0 amide bonds. The summed E-state index contributed by atoms with van der Waals surface area (Å²) in [5, 5.41) is 13.6. The molecular formula is C24H29NO8. The lowest BCUT2D eigenvalue weighted by Crippen LogP contribution is -2.43. The number of carbonyl (C=O) groups is 3. The van der Waals surface area contributed by atoms with E-state index in [0.29, 0.717) is 23.4 Å². The zero-order chi connectivity index (χ0) is 24.4. The Balaban J connectivity index is 2.28. The first kappa shape index (κ1) is 24.2. The molecule has 0 spiro atoms. The van der Waals surface area contributed by atoms with E-state index in [0.717, 1.165) is 0 Å². The molecule has 0 aromatic heterocycles. The van der Waals surface area contributed by atoms with Crippen LogP contribution in [0.4, 0.5) is 0 Å². The number of phenols is 1. The van der Waals surface area contributed by atoms with Crippen LogP contribution in [0.1, 0.15) is 38.7 Å². The summed E-state index contributed by atoms with van der Waals surface area (Å²) in [6.45, 7) is 5.38. The lowest BCUT2D eigenvalue weighted by atomic mass is 9.69. The van der Waals surface area contributed by atoms with Gasteiger partial charge in [0.05, 0.1) is 33.5 Å². The third-order valence-electron chi connectivity index (χ3n) is 6.07. The van der Waals surface area contributed by atoms with E-state index in [-0.39, 0.29) is 40.9 Å². The van der Waals surface area contributed by atoms with Gasteiger partial charge in [-0.2, -0.15) is 0 Å². The summed E-state index contributed by atoms with van der Waals surface area (Å²) in [5.74, 6) is -3.77. The Morgan fingerprint density at radius 3 is 2.27 bits per heavy atom. The van der Waals surface area contributed by atoms with E-state index in [1.807, 2.05) is 6.92 Å². The van der Waals surface area contributed by atoms with Crippen LogP contribution in [0, 0.1) is 11.8 Å². The van der Waals surface area contributed by atoms with E-state index < -0.39 is 29.6 Å². The highest BCUT2D eigenvalue weighted by Gasteiger charge is 2.47. The number of esters is 2. The van der Waals surface area contributed by atoms with Gasteiger partial charge in [0, 0.05) is 22.9 Å². The fraction of sp³-hybridized carbons (Fsp3) is 0.458. The highest BCUT2D eigenvalue weighted by atomic mass is 16.5. The van der Waals surface area contributed by atoms with Crippen molar-refractivity contribution in [3.8, 4) is 17.2 Å². The number of Topliss-reactive ketones (excluding diaryl/α,β-unsaturated/α-hetero) is 1. The number of phenolic OH excluding ortho intramolecular Hbond substituents is 1. The van der Waals surface area contributed by atoms with Gasteiger partial charge in [0.1, 0.15) is 5.92 Å². The standard InChI is InChI=1S/C24H29NO8/c1-7-33-24(29)18-12(3)25-14-8-11(2)17(23(28)32-6)22(27)20(14)19(18)13-9-15(30-4)21(26)16(10-13)31-5/h9-11,17,19,25-26H,7-8H2,1-6H3. The van der Waals surface area contributed by atoms with E-state index in [1.54, 1.807) is 26.0 Å². The molecule has 0 radical (unpaired) electrons. The molecule has 1 aromatic rings. The van der Waals surface area contributed by atoms with Gasteiger partial charge in [-0.05, 0) is 43.9 Å². The number of allylic oxidation sites excluding steroid dienone is 3. The summed E-state index contributed by atoms with van der Waals surface area (Å²) in [7, 11) is 4.02. The molecule has 0 bridgehead atoms. The van der Waals surface area contributed by atoms with Crippen molar-refractivity contribution in [3.63, 3.8) is 0 Å². The first-order valence-electron chi connectivity index (χ1n) is 10.6. The number of benzene rings is 1. The smallest absolute Gasteiger partial charge is 0.336 e. The van der Waals surface area contributed by atoms with Gasteiger partial charge in [-0.1, -0.05) is 6.92 Å². The molecule has 3 rings (SSSR count). The number of carbonyl (C=O) groups excluding carboxylic acids is 3. The highest BCUT2D eigenvalue weighted by Crippen LogP contribution is 2.48. The lowest BCUT2D eigenvalue weighted by Gasteiger charge is -2.38. The Labute approximate surface area is 192 Å². The monoisotopic (exact) mass is 459 g/mol. The molecule has 3 unspecified atom stereocenters. The topological polar surface area (TPSA) is 120 Å². The van der Waals surface area contributed by atoms with Crippen molar-refractivity contribution in [2.75, 3.05) is 27.9 Å². The molecule has 9 heteroatoms. The van der Waals surface area contributed by atoms with E-state index in [4.69, 9.17) is 18.9 Å². The summed E-state index contributed by atoms with van der Waals surface area (Å²) in [6, 6.07) is 3.09. The lowest BCUT2D eigenvalue weighted by molar-refractivity contribution is -0.151. The van der Waals surface area contributed by atoms with Crippen molar-refractivity contribution in [2.45, 2.75) is 33.1 Å². The predicted molar refractivity (Wildman–Crippen MR) is 118 cm³/mol. The average molecular weight is 459 g/mol. The third kappa shape index (κ3) is 4.15. The normalized spacial score (nSPS) is 22.4. The second kappa shape index (κ2) is 9.56. The Bertz CT molecular complexity index is 1030. The molecule has 1 aromatic carbocycles. The van der Waals surface area contributed by atoms with Crippen molar-refractivity contribution in [1.82, 2.24) is 5.32 Å². The van der Waals surface area contributed by atoms with Crippen LogP contribution in [0.25, 0.3) is 0 Å². The number of nitrogens with one attached hydrogen (secondary N) is 1. The third-order valence-corrected chi connectivity index (χ3v) is 6.07. The maximum Gasteiger partial charge on any atom is 0.336 e. The molecule has 1 aliphatic carbocycles.